The first-order valence-electron chi connectivity index (χ1n) is 5.26. The minimum absolute atomic E-state index is 0.0870. The van der Waals surface area contributed by atoms with E-state index in [9.17, 15) is 9.59 Å². The Morgan fingerprint density at radius 2 is 1.94 bits per heavy atom. The Hall–Kier alpha value is -2.04. The number of carboxylic acid groups (broad SMARTS) is 1. The average Bonchev–Trinajstić information content (AvgIpc) is 2.28. The van der Waals surface area contributed by atoms with Crippen LogP contribution in [0.5, 0.6) is 5.75 Å². The molecule has 1 aromatic carbocycles. The van der Waals surface area contributed by atoms with Crippen molar-refractivity contribution in [2.75, 3.05) is 13.2 Å². The van der Waals surface area contributed by atoms with E-state index in [1.807, 2.05) is 19.1 Å². The standard InChI is InChI=1S/C12H15NO4/c1-9-2-4-10(5-3-9)17-8-11(14)13-7-6-12(15)16/h2-5H,6-8H2,1H3,(H,13,14)(H,15,16). The number of rotatable bonds is 6. The molecule has 0 unspecified atom stereocenters. The van der Waals surface area contributed by atoms with Crippen molar-refractivity contribution in [1.29, 1.82) is 0 Å². The maximum Gasteiger partial charge on any atom is 0.305 e. The molecule has 5 nitrogen and oxygen atoms in total. The number of carboxylic acids is 1. The maximum atomic E-state index is 11.2. The Bertz CT molecular complexity index is 386. The molecule has 0 radical (unpaired) electrons. The van der Waals surface area contributed by atoms with Gasteiger partial charge in [-0.25, -0.2) is 0 Å². The number of aryl methyl sites for hydroxylation is 1. The Kier molecular flexibility index (Phi) is 5.00. The number of ether oxygens (including phenoxy) is 1. The van der Waals surface area contributed by atoms with E-state index in [1.165, 1.54) is 0 Å². The van der Waals surface area contributed by atoms with Gasteiger partial charge >= 0.3 is 5.97 Å². The third kappa shape index (κ3) is 5.55. The van der Waals surface area contributed by atoms with Gasteiger partial charge < -0.3 is 15.2 Å². The molecule has 0 fully saturated rings. The highest BCUT2D eigenvalue weighted by Crippen LogP contribution is 2.10. The normalized spacial score (nSPS) is 9.71. The van der Waals surface area contributed by atoms with Gasteiger partial charge in [0.25, 0.3) is 5.91 Å². The molecule has 0 atom stereocenters. The molecule has 0 aromatic heterocycles. The van der Waals surface area contributed by atoms with E-state index in [0.717, 1.165) is 5.56 Å². The lowest BCUT2D eigenvalue weighted by molar-refractivity contribution is -0.137. The van der Waals surface area contributed by atoms with Crippen LogP contribution >= 0.6 is 0 Å². The van der Waals surface area contributed by atoms with Crippen LogP contribution in [0.1, 0.15) is 12.0 Å². The van der Waals surface area contributed by atoms with E-state index in [4.69, 9.17) is 9.84 Å². The molecule has 0 heterocycles. The number of carbonyl (C=O) groups is 2. The van der Waals surface area contributed by atoms with Gasteiger partial charge in [0.1, 0.15) is 5.75 Å². The number of nitrogens with one attached hydrogen (secondary N) is 1. The van der Waals surface area contributed by atoms with Gasteiger partial charge in [0.05, 0.1) is 6.42 Å². The Labute approximate surface area is 99.4 Å². The van der Waals surface area contributed by atoms with Gasteiger partial charge in [-0.3, -0.25) is 9.59 Å². The summed E-state index contributed by atoms with van der Waals surface area (Å²) in [6.07, 6.45) is -0.0870. The van der Waals surface area contributed by atoms with Crippen molar-refractivity contribution < 1.29 is 19.4 Å². The van der Waals surface area contributed by atoms with Crippen LogP contribution in [0, 0.1) is 6.92 Å². The van der Waals surface area contributed by atoms with Gasteiger partial charge in [0, 0.05) is 6.54 Å². The zero-order valence-corrected chi connectivity index (χ0v) is 9.60. The van der Waals surface area contributed by atoms with Gasteiger partial charge in [0.2, 0.25) is 0 Å². The Morgan fingerprint density at radius 3 is 2.53 bits per heavy atom. The van der Waals surface area contributed by atoms with Gasteiger partial charge in [-0.15, -0.1) is 0 Å². The van der Waals surface area contributed by atoms with Crippen LogP contribution in [-0.4, -0.2) is 30.1 Å². The van der Waals surface area contributed by atoms with E-state index in [1.54, 1.807) is 12.1 Å². The SMILES string of the molecule is Cc1ccc(OCC(=O)NCCC(=O)O)cc1. The largest absolute Gasteiger partial charge is 0.484 e. The number of benzene rings is 1. The zero-order chi connectivity index (χ0) is 12.7. The van der Waals surface area contributed by atoms with E-state index in [-0.39, 0.29) is 25.5 Å². The first kappa shape index (κ1) is 13.0. The lowest BCUT2D eigenvalue weighted by Gasteiger charge is -2.06. The minimum Gasteiger partial charge on any atom is -0.484 e. The van der Waals surface area contributed by atoms with Gasteiger partial charge in [-0.1, -0.05) is 17.7 Å². The lowest BCUT2D eigenvalue weighted by Crippen LogP contribution is -2.30. The molecule has 0 aliphatic rings. The molecule has 1 rings (SSSR count). The van der Waals surface area contributed by atoms with Crippen molar-refractivity contribution in [2.24, 2.45) is 0 Å². The smallest absolute Gasteiger partial charge is 0.305 e. The van der Waals surface area contributed by atoms with E-state index in [2.05, 4.69) is 5.32 Å². The summed E-state index contributed by atoms with van der Waals surface area (Å²) in [5, 5.41) is 10.8. The molecule has 0 saturated carbocycles. The van der Waals surface area contributed by atoms with E-state index < -0.39 is 5.97 Å². The summed E-state index contributed by atoms with van der Waals surface area (Å²) >= 11 is 0. The summed E-state index contributed by atoms with van der Waals surface area (Å²) in [5.41, 5.74) is 1.11. The monoisotopic (exact) mass is 237 g/mol. The predicted octanol–water partition coefficient (Wildman–Crippen LogP) is 0.965. The molecular weight excluding hydrogens is 222 g/mol. The van der Waals surface area contributed by atoms with Crippen LogP contribution in [0.4, 0.5) is 0 Å². The van der Waals surface area contributed by atoms with Crippen LogP contribution < -0.4 is 10.1 Å². The number of aliphatic carboxylic acids is 1. The highest BCUT2D eigenvalue weighted by molar-refractivity contribution is 5.78. The molecule has 0 saturated heterocycles. The second-order valence-electron chi connectivity index (χ2n) is 3.60. The topological polar surface area (TPSA) is 75.6 Å². The molecule has 17 heavy (non-hydrogen) atoms. The van der Waals surface area contributed by atoms with Gasteiger partial charge in [0.15, 0.2) is 6.61 Å². The summed E-state index contributed by atoms with van der Waals surface area (Å²) in [5.74, 6) is -0.652. The summed E-state index contributed by atoms with van der Waals surface area (Å²) in [6.45, 7) is 1.97. The zero-order valence-electron chi connectivity index (χ0n) is 9.60. The summed E-state index contributed by atoms with van der Waals surface area (Å²) < 4.78 is 5.22. The number of amides is 1. The highest BCUT2D eigenvalue weighted by Gasteiger charge is 2.03. The highest BCUT2D eigenvalue weighted by atomic mass is 16.5. The molecule has 0 spiro atoms. The number of hydrogen-bond acceptors (Lipinski definition) is 3. The second kappa shape index (κ2) is 6.52. The van der Waals surface area contributed by atoms with Crippen molar-refractivity contribution in [3.8, 4) is 5.75 Å². The van der Waals surface area contributed by atoms with Gasteiger partial charge in [-0.2, -0.15) is 0 Å². The van der Waals surface area contributed by atoms with Crippen molar-refractivity contribution in [3.63, 3.8) is 0 Å². The summed E-state index contributed by atoms with van der Waals surface area (Å²) in [6, 6.07) is 7.33. The van der Waals surface area contributed by atoms with E-state index in [0.29, 0.717) is 5.75 Å². The average molecular weight is 237 g/mol. The van der Waals surface area contributed by atoms with Crippen molar-refractivity contribution in [2.45, 2.75) is 13.3 Å². The third-order valence-electron chi connectivity index (χ3n) is 2.05. The molecule has 5 heteroatoms. The molecule has 92 valence electrons. The summed E-state index contributed by atoms with van der Waals surface area (Å²) in [7, 11) is 0. The van der Waals surface area contributed by atoms with Crippen molar-refractivity contribution >= 4 is 11.9 Å². The molecule has 0 aliphatic heterocycles. The fourth-order valence-corrected chi connectivity index (χ4v) is 1.14. The van der Waals surface area contributed by atoms with Crippen LogP contribution in [0.15, 0.2) is 24.3 Å². The molecule has 1 amide bonds. The Morgan fingerprint density at radius 1 is 1.29 bits per heavy atom. The quantitative estimate of drug-likeness (QED) is 0.772. The molecule has 1 aromatic rings. The molecular formula is C12H15NO4. The van der Waals surface area contributed by atoms with Crippen LogP contribution in [0.3, 0.4) is 0 Å². The van der Waals surface area contributed by atoms with Gasteiger partial charge in [-0.05, 0) is 19.1 Å². The predicted molar refractivity (Wildman–Crippen MR) is 61.9 cm³/mol. The second-order valence-corrected chi connectivity index (χ2v) is 3.60. The summed E-state index contributed by atoms with van der Waals surface area (Å²) in [4.78, 5) is 21.4. The first-order valence-corrected chi connectivity index (χ1v) is 5.26. The molecule has 0 bridgehead atoms. The van der Waals surface area contributed by atoms with Crippen molar-refractivity contribution in [1.82, 2.24) is 5.32 Å². The fourth-order valence-electron chi connectivity index (χ4n) is 1.14. The first-order chi connectivity index (χ1) is 8.08. The maximum absolute atomic E-state index is 11.2. The molecule has 2 N–H and O–H groups in total. The molecule has 0 aliphatic carbocycles. The minimum atomic E-state index is -0.940. The lowest BCUT2D eigenvalue weighted by atomic mass is 10.2. The third-order valence-corrected chi connectivity index (χ3v) is 2.05. The van der Waals surface area contributed by atoms with E-state index >= 15 is 0 Å². The Balaban J connectivity index is 2.23. The number of hydrogen-bond donors (Lipinski definition) is 2. The van der Waals surface area contributed by atoms with Crippen LogP contribution in [-0.2, 0) is 9.59 Å². The number of carbonyl (C=O) groups excluding carboxylic acids is 1. The van der Waals surface area contributed by atoms with Crippen LogP contribution in [0.25, 0.3) is 0 Å². The van der Waals surface area contributed by atoms with Crippen molar-refractivity contribution in [3.05, 3.63) is 29.8 Å². The fraction of sp³-hybridized carbons (Fsp3) is 0.333. The van der Waals surface area contributed by atoms with Crippen LogP contribution in [0.2, 0.25) is 0 Å².